The molecule has 140 valence electrons. The number of hydrogen-bond donors (Lipinski definition) is 0. The first-order valence-corrected chi connectivity index (χ1v) is 9.24. The monoisotopic (exact) mass is 364 g/mol. The van der Waals surface area contributed by atoms with Gasteiger partial charge in [0.05, 0.1) is 12.8 Å². The number of aromatic nitrogens is 2. The van der Waals surface area contributed by atoms with Crippen LogP contribution >= 0.6 is 0 Å². The molecule has 3 heterocycles. The third kappa shape index (κ3) is 3.66. The fourth-order valence-electron chi connectivity index (χ4n) is 3.63. The second kappa shape index (κ2) is 7.40. The first kappa shape index (κ1) is 17.5. The highest BCUT2D eigenvalue weighted by Crippen LogP contribution is 2.20. The molecular weight excluding hydrogens is 340 g/mol. The molecule has 0 N–H and O–H groups in total. The molecule has 1 fully saturated rings. The molecule has 1 aliphatic rings. The highest BCUT2D eigenvalue weighted by Gasteiger charge is 2.18. The average molecular weight is 364 g/mol. The predicted molar refractivity (Wildman–Crippen MR) is 107 cm³/mol. The van der Waals surface area contributed by atoms with Crippen LogP contribution in [0.3, 0.4) is 0 Å². The van der Waals surface area contributed by atoms with Crippen molar-refractivity contribution in [2.45, 2.75) is 13.5 Å². The summed E-state index contributed by atoms with van der Waals surface area (Å²) in [6, 6.07) is 15.6. The molecule has 1 saturated heterocycles. The average Bonchev–Trinajstić information content (AvgIpc) is 2.68. The van der Waals surface area contributed by atoms with Gasteiger partial charge in [-0.25, -0.2) is 4.98 Å². The zero-order chi connectivity index (χ0) is 18.8. The number of rotatable bonds is 4. The van der Waals surface area contributed by atoms with E-state index in [4.69, 9.17) is 4.74 Å². The maximum atomic E-state index is 12.4. The molecule has 2 aromatic heterocycles. The van der Waals surface area contributed by atoms with Gasteiger partial charge in [-0.2, -0.15) is 0 Å². The molecule has 27 heavy (non-hydrogen) atoms. The van der Waals surface area contributed by atoms with Crippen LogP contribution in [0.25, 0.3) is 5.65 Å². The molecule has 1 aliphatic heterocycles. The van der Waals surface area contributed by atoms with E-state index < -0.39 is 0 Å². The lowest BCUT2D eigenvalue weighted by Gasteiger charge is -2.36. The minimum Gasteiger partial charge on any atom is -0.497 e. The number of pyridine rings is 1. The summed E-state index contributed by atoms with van der Waals surface area (Å²) in [4.78, 5) is 21.9. The number of hydrogen-bond acceptors (Lipinski definition) is 5. The van der Waals surface area contributed by atoms with E-state index in [0.717, 1.165) is 49.0 Å². The van der Waals surface area contributed by atoms with E-state index in [1.807, 2.05) is 37.3 Å². The van der Waals surface area contributed by atoms with Crippen LogP contribution < -0.4 is 15.2 Å². The zero-order valence-corrected chi connectivity index (χ0v) is 15.8. The number of ether oxygens (including phenoxy) is 1. The largest absolute Gasteiger partial charge is 0.497 e. The summed E-state index contributed by atoms with van der Waals surface area (Å²) >= 11 is 0. The molecule has 3 aromatic rings. The minimum absolute atomic E-state index is 0.00929. The van der Waals surface area contributed by atoms with Crippen molar-refractivity contribution in [1.29, 1.82) is 0 Å². The van der Waals surface area contributed by atoms with Gasteiger partial charge in [0.15, 0.2) is 0 Å². The number of aryl methyl sites for hydroxylation is 1. The highest BCUT2D eigenvalue weighted by atomic mass is 16.5. The summed E-state index contributed by atoms with van der Waals surface area (Å²) in [5.41, 5.74) is 3.67. The van der Waals surface area contributed by atoms with Crippen molar-refractivity contribution >= 4 is 11.3 Å². The van der Waals surface area contributed by atoms with E-state index in [-0.39, 0.29) is 5.56 Å². The molecule has 0 radical (unpaired) electrons. The maximum absolute atomic E-state index is 12.4. The number of nitrogens with zero attached hydrogens (tertiary/aromatic N) is 4. The van der Waals surface area contributed by atoms with Crippen molar-refractivity contribution in [2.75, 3.05) is 38.2 Å². The Morgan fingerprint density at radius 3 is 2.48 bits per heavy atom. The van der Waals surface area contributed by atoms with Gasteiger partial charge in [0.1, 0.15) is 11.4 Å². The van der Waals surface area contributed by atoms with Gasteiger partial charge in [0, 0.05) is 50.2 Å². The van der Waals surface area contributed by atoms with Gasteiger partial charge in [-0.1, -0.05) is 6.07 Å². The summed E-state index contributed by atoms with van der Waals surface area (Å²) in [5.74, 6) is 0.876. The molecular formula is C21H24N4O2. The van der Waals surface area contributed by atoms with Gasteiger partial charge in [-0.15, -0.1) is 0 Å². The lowest BCUT2D eigenvalue weighted by molar-refractivity contribution is 0.247. The molecule has 0 amide bonds. The van der Waals surface area contributed by atoms with Gasteiger partial charge < -0.3 is 9.64 Å². The molecule has 0 aliphatic carbocycles. The van der Waals surface area contributed by atoms with Gasteiger partial charge in [-0.3, -0.25) is 14.1 Å². The van der Waals surface area contributed by atoms with Crippen LogP contribution in [0.15, 0.2) is 53.3 Å². The van der Waals surface area contributed by atoms with Crippen LogP contribution in [-0.4, -0.2) is 47.6 Å². The van der Waals surface area contributed by atoms with E-state index in [1.165, 1.54) is 5.69 Å². The zero-order valence-electron chi connectivity index (χ0n) is 15.8. The van der Waals surface area contributed by atoms with Crippen molar-refractivity contribution in [3.8, 4) is 5.75 Å². The molecule has 4 rings (SSSR count). The van der Waals surface area contributed by atoms with Gasteiger partial charge in [-0.05, 0) is 43.3 Å². The molecule has 0 spiro atoms. The molecule has 0 saturated carbocycles. The second-order valence-corrected chi connectivity index (χ2v) is 6.91. The van der Waals surface area contributed by atoms with Crippen LogP contribution in [0.1, 0.15) is 11.4 Å². The van der Waals surface area contributed by atoms with E-state index in [2.05, 4.69) is 26.9 Å². The van der Waals surface area contributed by atoms with Crippen LogP contribution in [0, 0.1) is 6.92 Å². The number of fused-ring (bicyclic) bond motifs is 1. The highest BCUT2D eigenvalue weighted by molar-refractivity contribution is 5.49. The Hall–Kier alpha value is -2.86. The van der Waals surface area contributed by atoms with E-state index in [0.29, 0.717) is 6.54 Å². The molecule has 1 aromatic carbocycles. The predicted octanol–water partition coefficient (Wildman–Crippen LogP) is 2.33. The first-order valence-electron chi connectivity index (χ1n) is 9.24. The topological polar surface area (TPSA) is 50.1 Å². The fraction of sp³-hybridized carbons (Fsp3) is 0.333. The van der Waals surface area contributed by atoms with E-state index >= 15 is 0 Å². The molecule has 6 heteroatoms. The number of benzene rings is 1. The second-order valence-electron chi connectivity index (χ2n) is 6.91. The Morgan fingerprint density at radius 1 is 1.04 bits per heavy atom. The van der Waals surface area contributed by atoms with Crippen LogP contribution in [-0.2, 0) is 6.54 Å². The quantitative estimate of drug-likeness (QED) is 0.711. The third-order valence-electron chi connectivity index (χ3n) is 5.13. The summed E-state index contributed by atoms with van der Waals surface area (Å²) in [6.07, 6.45) is 0. The Balaban J connectivity index is 1.43. The fourth-order valence-corrected chi connectivity index (χ4v) is 3.63. The Morgan fingerprint density at radius 2 is 1.78 bits per heavy atom. The smallest absolute Gasteiger partial charge is 0.258 e. The van der Waals surface area contributed by atoms with Crippen molar-refractivity contribution in [3.05, 3.63) is 70.3 Å². The SMILES string of the molecule is COc1ccc(N2CCN(Cc3cc(=O)n4c(C)cccc4n3)CC2)cc1. The molecule has 0 unspecified atom stereocenters. The Labute approximate surface area is 158 Å². The Bertz CT molecular complexity index is 989. The summed E-state index contributed by atoms with van der Waals surface area (Å²) in [7, 11) is 1.68. The lowest BCUT2D eigenvalue weighted by atomic mass is 10.2. The normalized spacial score (nSPS) is 15.3. The minimum atomic E-state index is -0.00929. The van der Waals surface area contributed by atoms with Crippen molar-refractivity contribution < 1.29 is 4.74 Å². The first-order chi connectivity index (χ1) is 13.1. The summed E-state index contributed by atoms with van der Waals surface area (Å²) in [5, 5.41) is 0. The standard InChI is InChI=1S/C21H24N4O2/c1-16-4-3-5-20-22-17(14-21(26)25(16)20)15-23-10-12-24(13-11-23)18-6-8-19(27-2)9-7-18/h3-9,14H,10-13,15H2,1-2H3. The number of methoxy groups -OCH3 is 1. The van der Waals surface area contributed by atoms with Gasteiger partial charge in [0.25, 0.3) is 5.56 Å². The van der Waals surface area contributed by atoms with E-state index in [9.17, 15) is 4.79 Å². The Kier molecular flexibility index (Phi) is 4.81. The van der Waals surface area contributed by atoms with Crippen molar-refractivity contribution in [1.82, 2.24) is 14.3 Å². The number of anilines is 1. The molecule has 0 bridgehead atoms. The third-order valence-corrected chi connectivity index (χ3v) is 5.13. The van der Waals surface area contributed by atoms with Crippen LogP contribution in [0.2, 0.25) is 0 Å². The molecule has 0 atom stereocenters. The van der Waals surface area contributed by atoms with Crippen LogP contribution in [0.5, 0.6) is 5.75 Å². The van der Waals surface area contributed by atoms with Crippen molar-refractivity contribution in [2.24, 2.45) is 0 Å². The van der Waals surface area contributed by atoms with Crippen LogP contribution in [0.4, 0.5) is 5.69 Å². The van der Waals surface area contributed by atoms with Gasteiger partial charge >= 0.3 is 0 Å². The number of piperazine rings is 1. The van der Waals surface area contributed by atoms with E-state index in [1.54, 1.807) is 17.6 Å². The maximum Gasteiger partial charge on any atom is 0.258 e. The molecule has 6 nitrogen and oxygen atoms in total. The summed E-state index contributed by atoms with van der Waals surface area (Å²) < 4.78 is 6.88. The van der Waals surface area contributed by atoms with Gasteiger partial charge in [0.2, 0.25) is 0 Å². The van der Waals surface area contributed by atoms with Crippen molar-refractivity contribution in [3.63, 3.8) is 0 Å². The lowest BCUT2D eigenvalue weighted by Crippen LogP contribution is -2.46. The summed E-state index contributed by atoms with van der Waals surface area (Å²) in [6.45, 7) is 6.43.